The minimum atomic E-state index is -0.202. The average molecular weight is 426 g/mol. The van der Waals surface area contributed by atoms with Crippen molar-refractivity contribution in [1.82, 2.24) is 9.78 Å². The number of benzene rings is 2. The van der Waals surface area contributed by atoms with Crippen LogP contribution >= 0.6 is 27.5 Å². The van der Waals surface area contributed by atoms with E-state index >= 15 is 0 Å². The van der Waals surface area contributed by atoms with Crippen LogP contribution in [0.5, 0.6) is 0 Å². The second-order valence-electron chi connectivity index (χ2n) is 5.04. The summed E-state index contributed by atoms with van der Waals surface area (Å²) in [6.07, 6.45) is 0. The summed E-state index contributed by atoms with van der Waals surface area (Å²) < 4.78 is 15.1. The Morgan fingerprint density at radius 2 is 1.76 bits per heavy atom. The maximum atomic E-state index is 12.4. The van der Waals surface area contributed by atoms with E-state index in [0.29, 0.717) is 10.7 Å². The van der Waals surface area contributed by atoms with Crippen molar-refractivity contribution in [2.45, 2.75) is 27.4 Å². The standard InChI is InChI=1S/C17H13BrClFN2O.C2H6/c1-11-15(10-23-20)21-22(16-5-3-2-4-14(16)19)17(11)12-6-8-13(18)9-7-12;1-2/h2-9H,10H2,1H3;1-2H3. The maximum absolute atomic E-state index is 12.4. The molecule has 0 aliphatic heterocycles. The van der Waals surface area contributed by atoms with E-state index in [1.165, 1.54) is 0 Å². The Labute approximate surface area is 160 Å². The molecular formula is C19H19BrClFN2O. The van der Waals surface area contributed by atoms with E-state index in [2.05, 4.69) is 26.0 Å². The van der Waals surface area contributed by atoms with Gasteiger partial charge in [0.25, 0.3) is 0 Å². The van der Waals surface area contributed by atoms with Crippen molar-refractivity contribution >= 4 is 27.5 Å². The third-order valence-electron chi connectivity index (χ3n) is 3.61. The van der Waals surface area contributed by atoms with Crippen LogP contribution in [0.3, 0.4) is 0 Å². The van der Waals surface area contributed by atoms with Crippen molar-refractivity contribution < 1.29 is 9.47 Å². The maximum Gasteiger partial charge on any atom is 0.132 e. The Balaban J connectivity index is 0.00000109. The highest BCUT2D eigenvalue weighted by molar-refractivity contribution is 9.10. The number of rotatable bonds is 4. The molecule has 3 nitrogen and oxygen atoms in total. The van der Waals surface area contributed by atoms with E-state index in [-0.39, 0.29) is 6.61 Å². The zero-order valence-electron chi connectivity index (χ0n) is 14.3. The monoisotopic (exact) mass is 424 g/mol. The predicted octanol–water partition coefficient (Wildman–Crippen LogP) is 6.69. The van der Waals surface area contributed by atoms with Gasteiger partial charge in [-0.2, -0.15) is 10.0 Å². The smallest absolute Gasteiger partial charge is 0.132 e. The first kappa shape index (κ1) is 19.6. The number of aromatic nitrogens is 2. The van der Waals surface area contributed by atoms with E-state index < -0.39 is 0 Å². The fraction of sp³-hybridized carbons (Fsp3) is 0.211. The van der Waals surface area contributed by atoms with E-state index in [1.807, 2.05) is 63.2 Å². The van der Waals surface area contributed by atoms with E-state index in [4.69, 9.17) is 11.6 Å². The van der Waals surface area contributed by atoms with E-state index in [0.717, 1.165) is 27.0 Å². The summed E-state index contributed by atoms with van der Waals surface area (Å²) in [5, 5.41) is 5.06. The van der Waals surface area contributed by atoms with Gasteiger partial charge in [-0.05, 0) is 35.7 Å². The van der Waals surface area contributed by atoms with Gasteiger partial charge in [-0.3, -0.25) is 0 Å². The summed E-state index contributed by atoms with van der Waals surface area (Å²) in [7, 11) is 0. The zero-order chi connectivity index (χ0) is 18.4. The molecule has 3 rings (SSSR count). The summed E-state index contributed by atoms with van der Waals surface area (Å²) in [4.78, 5) is 3.78. The molecule has 25 heavy (non-hydrogen) atoms. The molecule has 0 saturated heterocycles. The van der Waals surface area contributed by atoms with E-state index in [1.54, 1.807) is 10.7 Å². The molecule has 0 unspecified atom stereocenters. The third kappa shape index (κ3) is 4.29. The molecule has 6 heteroatoms. The molecule has 0 aliphatic rings. The summed E-state index contributed by atoms with van der Waals surface area (Å²) in [6.45, 7) is 5.69. The molecule has 1 aromatic heterocycles. The minimum Gasteiger partial charge on any atom is -0.231 e. The SMILES string of the molecule is CC.Cc1c(COF)nn(-c2ccccc2Cl)c1-c1ccc(Br)cc1. The van der Waals surface area contributed by atoms with Gasteiger partial charge in [-0.15, -0.1) is 0 Å². The molecule has 0 aliphatic carbocycles. The Kier molecular flexibility index (Phi) is 7.17. The van der Waals surface area contributed by atoms with Crippen LogP contribution in [-0.4, -0.2) is 9.78 Å². The fourth-order valence-corrected chi connectivity index (χ4v) is 2.95. The second-order valence-corrected chi connectivity index (χ2v) is 6.37. The Morgan fingerprint density at radius 3 is 2.36 bits per heavy atom. The lowest BCUT2D eigenvalue weighted by Gasteiger charge is -2.10. The van der Waals surface area contributed by atoms with Crippen LogP contribution in [0, 0.1) is 6.92 Å². The summed E-state index contributed by atoms with van der Waals surface area (Å²) >= 11 is 9.74. The first-order valence-corrected chi connectivity index (χ1v) is 9.11. The van der Waals surface area contributed by atoms with Crippen molar-refractivity contribution in [3.63, 3.8) is 0 Å². The van der Waals surface area contributed by atoms with Crippen LogP contribution in [0.1, 0.15) is 25.1 Å². The molecule has 0 amide bonds. The van der Waals surface area contributed by atoms with Crippen molar-refractivity contribution in [2.75, 3.05) is 0 Å². The first-order valence-electron chi connectivity index (χ1n) is 7.94. The molecule has 0 spiro atoms. The molecule has 0 radical (unpaired) electrons. The predicted molar refractivity (Wildman–Crippen MR) is 104 cm³/mol. The van der Waals surface area contributed by atoms with Crippen LogP contribution in [0.4, 0.5) is 4.53 Å². The molecule has 0 saturated carbocycles. The molecule has 132 valence electrons. The van der Waals surface area contributed by atoms with Gasteiger partial charge < -0.3 is 0 Å². The van der Waals surface area contributed by atoms with Crippen LogP contribution in [-0.2, 0) is 11.5 Å². The van der Waals surface area contributed by atoms with Crippen molar-refractivity contribution in [3.8, 4) is 16.9 Å². The van der Waals surface area contributed by atoms with Crippen LogP contribution in [0.25, 0.3) is 16.9 Å². The zero-order valence-corrected chi connectivity index (χ0v) is 16.6. The van der Waals surface area contributed by atoms with Gasteiger partial charge >= 0.3 is 0 Å². The van der Waals surface area contributed by atoms with Crippen LogP contribution in [0.2, 0.25) is 5.02 Å². The van der Waals surface area contributed by atoms with Gasteiger partial charge in [0.05, 0.1) is 22.1 Å². The number of nitrogens with zero attached hydrogens (tertiary/aromatic N) is 2. The van der Waals surface area contributed by atoms with Gasteiger partial charge in [0.2, 0.25) is 0 Å². The summed E-state index contributed by atoms with van der Waals surface area (Å²) in [5.74, 6) is 0. The molecule has 0 bridgehead atoms. The van der Waals surface area contributed by atoms with Gasteiger partial charge in [0.15, 0.2) is 0 Å². The largest absolute Gasteiger partial charge is 0.231 e. The highest BCUT2D eigenvalue weighted by Crippen LogP contribution is 2.32. The Hall–Kier alpha value is -1.69. The second kappa shape index (κ2) is 9.13. The van der Waals surface area contributed by atoms with Crippen molar-refractivity contribution in [1.29, 1.82) is 0 Å². The quantitative estimate of drug-likeness (QED) is 0.465. The lowest BCUT2D eigenvalue weighted by atomic mass is 10.1. The highest BCUT2D eigenvalue weighted by Gasteiger charge is 2.19. The lowest BCUT2D eigenvalue weighted by molar-refractivity contribution is -0.145. The van der Waals surface area contributed by atoms with Gasteiger partial charge in [0, 0.05) is 15.6 Å². The number of para-hydroxylation sites is 1. The van der Waals surface area contributed by atoms with Gasteiger partial charge in [-0.1, -0.05) is 65.6 Å². The number of hydrogen-bond acceptors (Lipinski definition) is 2. The van der Waals surface area contributed by atoms with Crippen LogP contribution < -0.4 is 0 Å². The van der Waals surface area contributed by atoms with Gasteiger partial charge in [-0.25, -0.2) is 4.68 Å². The normalized spacial score (nSPS) is 10.3. The van der Waals surface area contributed by atoms with Gasteiger partial charge in [0.1, 0.15) is 6.61 Å². The van der Waals surface area contributed by atoms with Crippen molar-refractivity contribution in [2.24, 2.45) is 0 Å². The fourth-order valence-electron chi connectivity index (χ4n) is 2.47. The molecule has 3 aromatic rings. The van der Waals surface area contributed by atoms with Crippen molar-refractivity contribution in [3.05, 3.63) is 69.3 Å². The number of hydrogen-bond donors (Lipinski definition) is 0. The van der Waals surface area contributed by atoms with E-state index in [9.17, 15) is 4.53 Å². The topological polar surface area (TPSA) is 27.1 Å². The highest BCUT2D eigenvalue weighted by atomic mass is 79.9. The lowest BCUT2D eigenvalue weighted by Crippen LogP contribution is -2.00. The van der Waals surface area contributed by atoms with Crippen LogP contribution in [0.15, 0.2) is 53.0 Å². The first-order chi connectivity index (χ1) is 12.1. The molecule has 0 fully saturated rings. The molecular weight excluding hydrogens is 407 g/mol. The third-order valence-corrected chi connectivity index (χ3v) is 4.46. The minimum absolute atomic E-state index is 0.202. The Morgan fingerprint density at radius 1 is 1.12 bits per heavy atom. The average Bonchev–Trinajstić information content (AvgIpc) is 2.95. The molecule has 0 N–H and O–H groups in total. The molecule has 2 aromatic carbocycles. The summed E-state index contributed by atoms with van der Waals surface area (Å²) in [6, 6.07) is 15.3. The molecule has 1 heterocycles. The number of halogens is 3. The molecule has 0 atom stereocenters. The Bertz CT molecular complexity index is 834. The summed E-state index contributed by atoms with van der Waals surface area (Å²) in [5.41, 5.74) is 3.94.